The third-order valence-corrected chi connectivity index (χ3v) is 2.91. The molecule has 3 heteroatoms. The van der Waals surface area contributed by atoms with E-state index in [1.54, 1.807) is 6.08 Å². The molecule has 0 aliphatic carbocycles. The number of amides is 1. The third kappa shape index (κ3) is 2.38. The summed E-state index contributed by atoms with van der Waals surface area (Å²) in [6.07, 6.45) is 4.83. The molecule has 1 saturated heterocycles. The van der Waals surface area contributed by atoms with Crippen LogP contribution in [0.1, 0.15) is 18.4 Å². The number of hydroxylamine groups is 3. The standard InChI is InChI=1S/C13H15NO2/c15-13(14(16)10-4-5-11-14)9-8-12-6-2-1-3-7-12/h1-3,6-9H,4-5,10-11H2/b9-8+. The third-order valence-electron chi connectivity index (χ3n) is 2.91. The Morgan fingerprint density at radius 3 is 2.44 bits per heavy atom. The van der Waals surface area contributed by atoms with Crippen molar-refractivity contribution < 1.29 is 9.44 Å². The van der Waals surface area contributed by atoms with Gasteiger partial charge in [-0.3, -0.25) is 4.65 Å². The highest BCUT2D eigenvalue weighted by molar-refractivity contribution is 5.86. The van der Waals surface area contributed by atoms with E-state index in [2.05, 4.69) is 0 Å². The molecular formula is C13H15NO2. The molecule has 0 spiro atoms. The van der Waals surface area contributed by atoms with Gasteiger partial charge in [0.25, 0.3) is 0 Å². The van der Waals surface area contributed by atoms with Crippen LogP contribution >= 0.6 is 0 Å². The molecule has 1 aliphatic rings. The van der Waals surface area contributed by atoms with Gasteiger partial charge in [-0.1, -0.05) is 30.3 Å². The number of hydrogen-bond donors (Lipinski definition) is 0. The molecule has 0 N–H and O–H groups in total. The van der Waals surface area contributed by atoms with Gasteiger partial charge in [0, 0.05) is 18.9 Å². The van der Waals surface area contributed by atoms with Crippen molar-refractivity contribution in [3.63, 3.8) is 0 Å². The molecule has 0 aromatic heterocycles. The average molecular weight is 217 g/mol. The van der Waals surface area contributed by atoms with Crippen LogP contribution in [0, 0.1) is 5.21 Å². The minimum absolute atomic E-state index is 0.332. The van der Waals surface area contributed by atoms with Crippen molar-refractivity contribution in [2.75, 3.05) is 13.1 Å². The SMILES string of the molecule is O=C(/C=C/c1ccccc1)[N+]1([O-])CCCC1. The Labute approximate surface area is 95.2 Å². The molecule has 0 radical (unpaired) electrons. The van der Waals surface area contributed by atoms with Crippen LogP contribution in [-0.2, 0) is 4.79 Å². The molecule has 1 aromatic carbocycles. The molecule has 1 aromatic rings. The van der Waals surface area contributed by atoms with Gasteiger partial charge in [-0.2, -0.15) is 0 Å². The topological polar surface area (TPSA) is 40.1 Å². The fourth-order valence-electron chi connectivity index (χ4n) is 1.93. The van der Waals surface area contributed by atoms with Crippen LogP contribution in [0.4, 0.5) is 0 Å². The van der Waals surface area contributed by atoms with Crippen molar-refractivity contribution in [1.82, 2.24) is 0 Å². The second-order valence-electron chi connectivity index (χ2n) is 4.13. The van der Waals surface area contributed by atoms with Crippen LogP contribution < -0.4 is 0 Å². The van der Waals surface area contributed by atoms with E-state index in [0.717, 1.165) is 18.4 Å². The van der Waals surface area contributed by atoms with Gasteiger partial charge in [-0.15, -0.1) is 0 Å². The van der Waals surface area contributed by atoms with E-state index in [4.69, 9.17) is 0 Å². The molecule has 0 unspecified atom stereocenters. The van der Waals surface area contributed by atoms with Crippen molar-refractivity contribution in [1.29, 1.82) is 0 Å². The molecule has 1 fully saturated rings. The number of quaternary nitrogens is 1. The molecule has 1 heterocycles. The number of benzene rings is 1. The van der Waals surface area contributed by atoms with Crippen molar-refractivity contribution in [3.8, 4) is 0 Å². The monoisotopic (exact) mass is 217 g/mol. The van der Waals surface area contributed by atoms with Gasteiger partial charge < -0.3 is 5.21 Å². The summed E-state index contributed by atoms with van der Waals surface area (Å²) < 4.78 is -0.677. The lowest BCUT2D eigenvalue weighted by atomic mass is 10.2. The molecule has 16 heavy (non-hydrogen) atoms. The number of nitrogens with zero attached hydrogens (tertiary/aromatic N) is 1. The van der Waals surface area contributed by atoms with Crippen LogP contribution in [0.5, 0.6) is 0 Å². The summed E-state index contributed by atoms with van der Waals surface area (Å²) in [5.41, 5.74) is 0.946. The highest BCUT2D eigenvalue weighted by atomic mass is 16.6. The van der Waals surface area contributed by atoms with Gasteiger partial charge in [-0.25, -0.2) is 4.79 Å². The second kappa shape index (κ2) is 4.60. The lowest BCUT2D eigenvalue weighted by molar-refractivity contribution is -0.787. The lowest BCUT2D eigenvalue weighted by Crippen LogP contribution is -2.43. The highest BCUT2D eigenvalue weighted by Gasteiger charge is 2.29. The van der Waals surface area contributed by atoms with Crippen molar-refractivity contribution in [3.05, 3.63) is 47.2 Å². The summed E-state index contributed by atoms with van der Waals surface area (Å²) in [4.78, 5) is 11.7. The van der Waals surface area contributed by atoms with Gasteiger partial charge in [0.05, 0.1) is 13.1 Å². The molecule has 84 valence electrons. The van der Waals surface area contributed by atoms with Gasteiger partial charge in [-0.05, 0) is 11.6 Å². The zero-order valence-electron chi connectivity index (χ0n) is 9.13. The number of rotatable bonds is 2. The fraction of sp³-hybridized carbons (Fsp3) is 0.308. The first-order chi connectivity index (χ1) is 7.71. The Morgan fingerprint density at radius 2 is 1.81 bits per heavy atom. The predicted molar refractivity (Wildman–Crippen MR) is 63.1 cm³/mol. The number of carbonyl (C=O) groups is 1. The van der Waals surface area contributed by atoms with E-state index in [9.17, 15) is 10.0 Å². The Morgan fingerprint density at radius 1 is 1.19 bits per heavy atom. The van der Waals surface area contributed by atoms with Crippen LogP contribution in [0.3, 0.4) is 0 Å². The van der Waals surface area contributed by atoms with Crippen LogP contribution in [0.25, 0.3) is 6.08 Å². The van der Waals surface area contributed by atoms with E-state index in [1.165, 1.54) is 6.08 Å². The second-order valence-corrected chi connectivity index (χ2v) is 4.13. The summed E-state index contributed by atoms with van der Waals surface area (Å²) in [6, 6.07) is 9.54. The average Bonchev–Trinajstić information content (AvgIpc) is 2.76. The minimum atomic E-state index is -0.677. The van der Waals surface area contributed by atoms with Crippen LogP contribution in [0.2, 0.25) is 0 Å². The zero-order chi connectivity index (χ0) is 11.4. The molecule has 1 aliphatic heterocycles. The first-order valence-corrected chi connectivity index (χ1v) is 5.56. The normalized spacial score (nSPS) is 19.1. The first-order valence-electron chi connectivity index (χ1n) is 5.56. The van der Waals surface area contributed by atoms with Crippen LogP contribution in [-0.4, -0.2) is 23.6 Å². The molecular weight excluding hydrogens is 202 g/mol. The zero-order valence-corrected chi connectivity index (χ0v) is 9.13. The van der Waals surface area contributed by atoms with Gasteiger partial charge in [0.15, 0.2) is 0 Å². The Kier molecular flexibility index (Phi) is 3.17. The Hall–Kier alpha value is -1.45. The van der Waals surface area contributed by atoms with Crippen molar-refractivity contribution >= 4 is 12.0 Å². The molecule has 0 atom stereocenters. The minimum Gasteiger partial charge on any atom is -0.625 e. The fourth-order valence-corrected chi connectivity index (χ4v) is 1.93. The molecule has 1 amide bonds. The lowest BCUT2D eigenvalue weighted by Gasteiger charge is -2.33. The first kappa shape index (κ1) is 11.0. The van der Waals surface area contributed by atoms with Gasteiger partial charge >= 0.3 is 5.91 Å². The Bertz CT molecular complexity index is 392. The number of likely N-dealkylation sites (tertiary alicyclic amines) is 1. The number of carbonyl (C=O) groups excluding carboxylic acids is 1. The van der Waals surface area contributed by atoms with E-state index in [0.29, 0.717) is 13.1 Å². The maximum absolute atomic E-state index is 12.0. The van der Waals surface area contributed by atoms with Gasteiger partial charge in [0.1, 0.15) is 0 Å². The van der Waals surface area contributed by atoms with E-state index < -0.39 is 4.65 Å². The predicted octanol–water partition coefficient (Wildman–Crippen LogP) is 2.33. The summed E-state index contributed by atoms with van der Waals surface area (Å²) in [5.74, 6) is -0.332. The molecule has 3 nitrogen and oxygen atoms in total. The molecule has 2 rings (SSSR count). The quantitative estimate of drug-likeness (QED) is 0.433. The van der Waals surface area contributed by atoms with E-state index in [1.807, 2.05) is 30.3 Å². The van der Waals surface area contributed by atoms with Crippen LogP contribution in [0.15, 0.2) is 36.4 Å². The maximum atomic E-state index is 12.0. The van der Waals surface area contributed by atoms with Crippen molar-refractivity contribution in [2.24, 2.45) is 0 Å². The largest absolute Gasteiger partial charge is 0.625 e. The molecule has 0 saturated carbocycles. The van der Waals surface area contributed by atoms with E-state index >= 15 is 0 Å². The molecule has 0 bridgehead atoms. The smallest absolute Gasteiger partial charge is 0.338 e. The summed E-state index contributed by atoms with van der Waals surface area (Å²) in [6.45, 7) is 0.857. The van der Waals surface area contributed by atoms with Crippen molar-refractivity contribution in [2.45, 2.75) is 12.8 Å². The Balaban J connectivity index is 2.05. The van der Waals surface area contributed by atoms with E-state index in [-0.39, 0.29) is 5.91 Å². The number of hydrogen-bond acceptors (Lipinski definition) is 2. The van der Waals surface area contributed by atoms with Gasteiger partial charge in [0.2, 0.25) is 0 Å². The summed E-state index contributed by atoms with van der Waals surface area (Å²) >= 11 is 0. The summed E-state index contributed by atoms with van der Waals surface area (Å²) in [5, 5.41) is 12.0. The highest BCUT2D eigenvalue weighted by Crippen LogP contribution is 2.18. The summed E-state index contributed by atoms with van der Waals surface area (Å²) in [7, 11) is 0. The maximum Gasteiger partial charge on any atom is 0.338 e.